The Balaban J connectivity index is 2.18. The number of anilines is 3. The molecule has 0 bridgehead atoms. The van der Waals surface area contributed by atoms with Crippen LogP contribution in [0.15, 0.2) is 24.3 Å². The highest BCUT2D eigenvalue weighted by Crippen LogP contribution is 2.27. The van der Waals surface area contributed by atoms with Crippen molar-refractivity contribution in [2.75, 3.05) is 11.1 Å². The number of rotatable bonds is 3. The summed E-state index contributed by atoms with van der Waals surface area (Å²) in [5.41, 5.74) is 7.07. The molecule has 5 nitrogen and oxygen atoms in total. The highest BCUT2D eigenvalue weighted by atomic mass is 35.5. The third-order valence-electron chi connectivity index (χ3n) is 2.46. The lowest BCUT2D eigenvalue weighted by Gasteiger charge is -2.12. The van der Waals surface area contributed by atoms with Gasteiger partial charge in [0, 0.05) is 5.69 Å². The molecule has 0 saturated heterocycles. The zero-order chi connectivity index (χ0) is 15.6. The summed E-state index contributed by atoms with van der Waals surface area (Å²) >= 11 is 5.72. The van der Waals surface area contributed by atoms with Crippen LogP contribution in [0.3, 0.4) is 0 Å². The second-order valence-electron chi connectivity index (χ2n) is 4.04. The number of nitrogen functional groups attached to an aromatic ring is 1. The Bertz CT molecular complexity index is 646. The molecule has 1 heterocycles. The fourth-order valence-electron chi connectivity index (χ4n) is 1.52. The van der Waals surface area contributed by atoms with E-state index in [0.29, 0.717) is 17.1 Å². The van der Waals surface area contributed by atoms with E-state index >= 15 is 0 Å². The number of nitrogens with zero attached hydrogens (tertiary/aromatic N) is 2. The lowest BCUT2D eigenvalue weighted by molar-refractivity contribution is -0.274. The molecule has 2 aromatic rings. The van der Waals surface area contributed by atoms with Crippen LogP contribution >= 0.6 is 11.6 Å². The molecule has 21 heavy (non-hydrogen) atoms. The zero-order valence-electron chi connectivity index (χ0n) is 10.7. The molecule has 0 saturated carbocycles. The van der Waals surface area contributed by atoms with Crippen LogP contribution in [-0.2, 0) is 0 Å². The van der Waals surface area contributed by atoms with Gasteiger partial charge >= 0.3 is 6.36 Å². The topological polar surface area (TPSA) is 73.1 Å². The number of halogens is 4. The molecule has 2 rings (SSSR count). The molecule has 9 heteroatoms. The summed E-state index contributed by atoms with van der Waals surface area (Å²) in [6.07, 6.45) is -4.73. The molecule has 0 atom stereocenters. The number of aromatic nitrogens is 2. The lowest BCUT2D eigenvalue weighted by Crippen LogP contribution is -2.17. The normalized spacial score (nSPS) is 11.3. The maximum atomic E-state index is 12.0. The van der Waals surface area contributed by atoms with Crippen molar-refractivity contribution < 1.29 is 17.9 Å². The van der Waals surface area contributed by atoms with E-state index in [1.54, 1.807) is 6.92 Å². The summed E-state index contributed by atoms with van der Waals surface area (Å²) < 4.78 is 39.9. The molecule has 0 amide bonds. The predicted octanol–water partition coefficient (Wildman–Crippen LogP) is 3.66. The molecule has 3 N–H and O–H groups in total. The third kappa shape index (κ3) is 4.12. The van der Waals surface area contributed by atoms with E-state index in [1.165, 1.54) is 24.3 Å². The Morgan fingerprint density at radius 1 is 1.19 bits per heavy atom. The van der Waals surface area contributed by atoms with E-state index in [4.69, 9.17) is 17.3 Å². The third-order valence-corrected chi connectivity index (χ3v) is 2.63. The fourth-order valence-corrected chi connectivity index (χ4v) is 1.73. The van der Waals surface area contributed by atoms with Crippen molar-refractivity contribution in [1.82, 2.24) is 9.97 Å². The summed E-state index contributed by atoms with van der Waals surface area (Å²) in [5, 5.41) is 2.86. The van der Waals surface area contributed by atoms with Crippen LogP contribution in [0, 0.1) is 6.92 Å². The van der Waals surface area contributed by atoms with Crippen molar-refractivity contribution in [2.45, 2.75) is 13.3 Å². The van der Waals surface area contributed by atoms with Gasteiger partial charge in [-0.15, -0.1) is 13.2 Å². The molecule has 0 aliphatic rings. The number of hydrogen-bond acceptors (Lipinski definition) is 5. The summed E-state index contributed by atoms with van der Waals surface area (Å²) in [7, 11) is 0. The van der Waals surface area contributed by atoms with Crippen LogP contribution in [0.2, 0.25) is 5.28 Å². The Morgan fingerprint density at radius 3 is 2.38 bits per heavy atom. The SMILES string of the molecule is Cc1nc(Cl)nc(Nc2ccc(OC(F)(F)F)cc2)c1N. The van der Waals surface area contributed by atoms with Gasteiger partial charge in [-0.1, -0.05) is 0 Å². The Labute approximate surface area is 122 Å². The van der Waals surface area contributed by atoms with E-state index in [0.717, 1.165) is 0 Å². The Hall–Kier alpha value is -2.22. The van der Waals surface area contributed by atoms with Crippen LogP contribution in [0.5, 0.6) is 5.75 Å². The minimum Gasteiger partial charge on any atom is -0.406 e. The first-order valence-corrected chi connectivity index (χ1v) is 6.05. The van der Waals surface area contributed by atoms with Crippen LogP contribution in [0.1, 0.15) is 5.69 Å². The predicted molar refractivity (Wildman–Crippen MR) is 72.6 cm³/mol. The summed E-state index contributed by atoms with van der Waals surface area (Å²) in [6, 6.07) is 5.13. The Morgan fingerprint density at radius 2 is 1.81 bits per heavy atom. The molecule has 0 radical (unpaired) electrons. The minimum atomic E-state index is -4.73. The van der Waals surface area contributed by atoms with Gasteiger partial charge in [-0.2, -0.15) is 4.98 Å². The molecule has 112 valence electrons. The van der Waals surface area contributed by atoms with Gasteiger partial charge in [0.1, 0.15) is 5.75 Å². The molecule has 0 fully saturated rings. The molecule has 0 aliphatic heterocycles. The maximum absolute atomic E-state index is 12.0. The maximum Gasteiger partial charge on any atom is 0.573 e. The summed E-state index contributed by atoms with van der Waals surface area (Å²) in [6.45, 7) is 1.66. The quantitative estimate of drug-likeness (QED) is 0.845. The number of hydrogen-bond donors (Lipinski definition) is 2. The molecule has 0 unspecified atom stereocenters. The van der Waals surface area contributed by atoms with Gasteiger partial charge in [0.25, 0.3) is 0 Å². The van der Waals surface area contributed by atoms with Crippen molar-refractivity contribution in [1.29, 1.82) is 0 Å². The largest absolute Gasteiger partial charge is 0.573 e. The first kappa shape index (κ1) is 15.2. The molecular formula is C12H10ClF3N4O. The van der Waals surface area contributed by atoms with Crippen molar-refractivity contribution >= 4 is 28.8 Å². The number of aryl methyl sites for hydroxylation is 1. The van der Waals surface area contributed by atoms with Gasteiger partial charge < -0.3 is 15.8 Å². The highest BCUT2D eigenvalue weighted by Gasteiger charge is 2.30. The highest BCUT2D eigenvalue weighted by molar-refractivity contribution is 6.28. The van der Waals surface area contributed by atoms with Crippen LogP contribution in [0.4, 0.5) is 30.4 Å². The smallest absolute Gasteiger partial charge is 0.406 e. The lowest BCUT2D eigenvalue weighted by atomic mass is 10.3. The summed E-state index contributed by atoms with van der Waals surface area (Å²) in [4.78, 5) is 7.79. The molecular weight excluding hydrogens is 309 g/mol. The van der Waals surface area contributed by atoms with Crippen LogP contribution in [0.25, 0.3) is 0 Å². The second-order valence-corrected chi connectivity index (χ2v) is 4.38. The van der Waals surface area contributed by atoms with Crippen LogP contribution in [-0.4, -0.2) is 16.3 Å². The van der Waals surface area contributed by atoms with E-state index in [-0.39, 0.29) is 16.9 Å². The number of nitrogens with one attached hydrogen (secondary N) is 1. The van der Waals surface area contributed by atoms with Gasteiger partial charge in [-0.25, -0.2) is 4.98 Å². The van der Waals surface area contributed by atoms with Crippen molar-refractivity contribution in [3.63, 3.8) is 0 Å². The van der Waals surface area contributed by atoms with Gasteiger partial charge in [0.05, 0.1) is 11.4 Å². The summed E-state index contributed by atoms with van der Waals surface area (Å²) in [5.74, 6) is -0.0464. The van der Waals surface area contributed by atoms with Gasteiger partial charge in [-0.3, -0.25) is 0 Å². The molecule has 1 aromatic heterocycles. The van der Waals surface area contributed by atoms with Crippen molar-refractivity contribution in [2.24, 2.45) is 0 Å². The van der Waals surface area contributed by atoms with Gasteiger partial charge in [0.15, 0.2) is 5.82 Å². The number of nitrogens with two attached hydrogens (primary N) is 1. The van der Waals surface area contributed by atoms with E-state index < -0.39 is 6.36 Å². The molecule has 1 aromatic carbocycles. The average Bonchev–Trinajstić information content (AvgIpc) is 2.36. The molecule has 0 aliphatic carbocycles. The standard InChI is InChI=1S/C12H10ClF3N4O/c1-6-9(17)10(20-11(13)18-6)19-7-2-4-8(5-3-7)21-12(14,15)16/h2-5H,17H2,1H3,(H,18,19,20). The number of ether oxygens (including phenoxy) is 1. The van der Waals surface area contributed by atoms with Crippen molar-refractivity contribution in [3.8, 4) is 5.75 Å². The fraction of sp³-hybridized carbons (Fsp3) is 0.167. The zero-order valence-corrected chi connectivity index (χ0v) is 11.5. The van der Waals surface area contributed by atoms with E-state index in [1.807, 2.05) is 0 Å². The van der Waals surface area contributed by atoms with Gasteiger partial charge in [-0.05, 0) is 42.8 Å². The monoisotopic (exact) mass is 318 g/mol. The van der Waals surface area contributed by atoms with Gasteiger partial charge in [0.2, 0.25) is 5.28 Å². The molecule has 0 spiro atoms. The average molecular weight is 319 g/mol. The van der Waals surface area contributed by atoms with Crippen molar-refractivity contribution in [3.05, 3.63) is 35.2 Å². The van der Waals surface area contributed by atoms with Crippen LogP contribution < -0.4 is 15.8 Å². The Kier molecular flexibility index (Phi) is 4.08. The first-order chi connectivity index (χ1) is 9.74. The number of benzene rings is 1. The first-order valence-electron chi connectivity index (χ1n) is 5.67. The minimum absolute atomic E-state index is 0.0150. The second kappa shape index (κ2) is 5.65. The van der Waals surface area contributed by atoms with E-state index in [2.05, 4.69) is 20.0 Å². The number of alkyl halides is 3. The van der Waals surface area contributed by atoms with E-state index in [9.17, 15) is 13.2 Å².